The molecule has 3 heterocycles. The van der Waals surface area contributed by atoms with Gasteiger partial charge in [0.05, 0.1) is 16.5 Å². The molecule has 2 aromatic heterocycles. The highest BCUT2D eigenvalue weighted by Gasteiger charge is 2.31. The molecule has 0 N–H and O–H groups in total. The lowest BCUT2D eigenvalue weighted by Crippen LogP contribution is -2.45. The quantitative estimate of drug-likeness (QED) is 0.239. The van der Waals surface area contributed by atoms with Crippen molar-refractivity contribution in [1.82, 2.24) is 14.8 Å². The number of para-hydroxylation sites is 1. The van der Waals surface area contributed by atoms with E-state index < -0.39 is 0 Å². The Kier molecular flexibility index (Phi) is 7.91. The zero-order valence-electron chi connectivity index (χ0n) is 21.9. The van der Waals surface area contributed by atoms with E-state index in [0.29, 0.717) is 12.3 Å². The van der Waals surface area contributed by atoms with Crippen LogP contribution in [0, 0.1) is 6.92 Å². The number of benzene rings is 2. The highest BCUT2D eigenvalue weighted by molar-refractivity contribution is 7.15. The van der Waals surface area contributed by atoms with E-state index in [2.05, 4.69) is 31.1 Å². The van der Waals surface area contributed by atoms with Gasteiger partial charge in [0.15, 0.2) is 0 Å². The van der Waals surface area contributed by atoms with Crippen LogP contribution in [0.3, 0.4) is 0 Å². The fourth-order valence-corrected chi connectivity index (χ4v) is 5.96. The standard InChI is InChI=1S/C30H35N3O3S/c1-21-31-28(29(37-21)23-11-8-13-25(19-23)35-17-9-15-32(2)3)30(34)33-16-7-6-12-24(33)20-26-18-22-10-4-5-14-27(22)36-26/h4-5,8,10-11,13-14,18-19,24H,6-7,9,12,15-17,20H2,1-3H3. The summed E-state index contributed by atoms with van der Waals surface area (Å²) in [5, 5.41) is 1.99. The van der Waals surface area contributed by atoms with Crippen molar-refractivity contribution in [3.8, 4) is 16.2 Å². The predicted octanol–water partition coefficient (Wildman–Crippen LogP) is 6.43. The van der Waals surface area contributed by atoms with Gasteiger partial charge in [-0.1, -0.05) is 30.3 Å². The van der Waals surface area contributed by atoms with Gasteiger partial charge in [0.1, 0.15) is 22.8 Å². The van der Waals surface area contributed by atoms with Crippen molar-refractivity contribution >= 4 is 28.2 Å². The molecule has 0 bridgehead atoms. The molecule has 1 fully saturated rings. The van der Waals surface area contributed by atoms with Crippen LogP contribution in [0.4, 0.5) is 0 Å². The first-order chi connectivity index (χ1) is 18.0. The van der Waals surface area contributed by atoms with Crippen LogP contribution in [0.5, 0.6) is 5.75 Å². The zero-order chi connectivity index (χ0) is 25.8. The molecule has 6 nitrogen and oxygen atoms in total. The summed E-state index contributed by atoms with van der Waals surface area (Å²) in [6.45, 7) is 4.35. The monoisotopic (exact) mass is 517 g/mol. The van der Waals surface area contributed by atoms with Crippen molar-refractivity contribution in [1.29, 1.82) is 0 Å². The number of ether oxygens (including phenoxy) is 1. The Morgan fingerprint density at radius 2 is 2.03 bits per heavy atom. The molecule has 1 atom stereocenters. The fraction of sp³-hybridized carbons (Fsp3) is 0.400. The van der Waals surface area contributed by atoms with Gasteiger partial charge in [0, 0.05) is 30.9 Å². The second kappa shape index (κ2) is 11.5. The minimum atomic E-state index is 0.0115. The van der Waals surface area contributed by atoms with Gasteiger partial charge in [-0.25, -0.2) is 4.98 Å². The number of hydrogen-bond donors (Lipinski definition) is 0. The summed E-state index contributed by atoms with van der Waals surface area (Å²) >= 11 is 1.57. The largest absolute Gasteiger partial charge is 0.494 e. The van der Waals surface area contributed by atoms with Gasteiger partial charge in [-0.2, -0.15) is 0 Å². The SMILES string of the molecule is Cc1nc(C(=O)N2CCCCC2Cc2cc3ccccc3o2)c(-c2cccc(OCCCN(C)C)c2)s1. The molecule has 2 aromatic carbocycles. The number of rotatable bonds is 9. The van der Waals surface area contributed by atoms with Crippen molar-refractivity contribution in [3.63, 3.8) is 0 Å². The molecule has 7 heteroatoms. The first kappa shape index (κ1) is 25.5. The molecule has 0 saturated carbocycles. The van der Waals surface area contributed by atoms with Gasteiger partial charge in [0.2, 0.25) is 0 Å². The molecule has 0 spiro atoms. The molecular weight excluding hydrogens is 482 g/mol. The van der Waals surface area contributed by atoms with Crippen LogP contribution in [-0.2, 0) is 6.42 Å². The first-order valence-electron chi connectivity index (χ1n) is 13.1. The Bertz CT molecular complexity index is 1330. The van der Waals surface area contributed by atoms with E-state index in [0.717, 1.165) is 83.1 Å². The number of carbonyl (C=O) groups excluding carboxylic acids is 1. The van der Waals surface area contributed by atoms with Crippen LogP contribution >= 0.6 is 11.3 Å². The lowest BCUT2D eigenvalue weighted by atomic mass is 9.97. The third-order valence-corrected chi connectivity index (χ3v) is 7.87. The molecule has 0 radical (unpaired) electrons. The number of aromatic nitrogens is 1. The normalized spacial score (nSPS) is 16.0. The Labute approximate surface area is 222 Å². The number of furan rings is 1. The molecular formula is C30H35N3O3S. The van der Waals surface area contributed by atoms with E-state index >= 15 is 0 Å². The second-order valence-electron chi connectivity index (χ2n) is 10.0. The molecule has 1 aliphatic rings. The average Bonchev–Trinajstić information content (AvgIpc) is 3.49. The summed E-state index contributed by atoms with van der Waals surface area (Å²) in [5.41, 5.74) is 2.42. The number of fused-ring (bicyclic) bond motifs is 1. The maximum atomic E-state index is 13.9. The van der Waals surface area contributed by atoms with Crippen molar-refractivity contribution in [3.05, 3.63) is 71.1 Å². The summed E-state index contributed by atoms with van der Waals surface area (Å²) in [6, 6.07) is 18.3. The maximum absolute atomic E-state index is 13.9. The summed E-state index contributed by atoms with van der Waals surface area (Å²) in [6.07, 6.45) is 4.77. The van der Waals surface area contributed by atoms with E-state index in [-0.39, 0.29) is 11.9 Å². The fourth-order valence-electron chi connectivity index (χ4n) is 5.05. The Hall–Kier alpha value is -3.16. The zero-order valence-corrected chi connectivity index (χ0v) is 22.7. The number of carbonyl (C=O) groups is 1. The van der Waals surface area contributed by atoms with Crippen LogP contribution in [-0.4, -0.2) is 60.5 Å². The Morgan fingerprint density at radius 1 is 1.16 bits per heavy atom. The lowest BCUT2D eigenvalue weighted by Gasteiger charge is -2.35. The predicted molar refractivity (Wildman–Crippen MR) is 150 cm³/mol. The topological polar surface area (TPSA) is 58.8 Å². The van der Waals surface area contributed by atoms with Gasteiger partial charge in [-0.3, -0.25) is 4.79 Å². The summed E-state index contributed by atoms with van der Waals surface area (Å²) in [5.74, 6) is 1.76. The van der Waals surface area contributed by atoms with Gasteiger partial charge in [0.25, 0.3) is 5.91 Å². The number of thiazole rings is 1. The number of aryl methyl sites for hydroxylation is 1. The van der Waals surface area contributed by atoms with Crippen LogP contribution in [0.2, 0.25) is 0 Å². The Morgan fingerprint density at radius 3 is 2.86 bits per heavy atom. The van der Waals surface area contributed by atoms with Crippen molar-refractivity contribution in [2.75, 3.05) is 33.8 Å². The molecule has 4 aromatic rings. The highest BCUT2D eigenvalue weighted by Crippen LogP contribution is 2.34. The number of amides is 1. The minimum Gasteiger partial charge on any atom is -0.494 e. The van der Waals surface area contributed by atoms with Crippen molar-refractivity contribution < 1.29 is 13.9 Å². The molecule has 37 heavy (non-hydrogen) atoms. The summed E-state index contributed by atoms with van der Waals surface area (Å²) < 4.78 is 12.1. The third-order valence-electron chi connectivity index (χ3n) is 6.85. The second-order valence-corrected chi connectivity index (χ2v) is 11.2. The molecule has 1 unspecified atom stereocenters. The number of piperidine rings is 1. The van der Waals surface area contributed by atoms with Crippen LogP contribution in [0.1, 0.15) is 46.9 Å². The highest BCUT2D eigenvalue weighted by atomic mass is 32.1. The van der Waals surface area contributed by atoms with Gasteiger partial charge >= 0.3 is 0 Å². The van der Waals surface area contributed by atoms with Crippen LogP contribution in [0.15, 0.2) is 59.0 Å². The van der Waals surface area contributed by atoms with E-state index in [9.17, 15) is 4.79 Å². The van der Waals surface area contributed by atoms with Gasteiger partial charge in [-0.05, 0) is 76.5 Å². The minimum absolute atomic E-state index is 0.0115. The van der Waals surface area contributed by atoms with E-state index in [1.54, 1.807) is 11.3 Å². The van der Waals surface area contributed by atoms with Gasteiger partial charge < -0.3 is 19.0 Å². The van der Waals surface area contributed by atoms with E-state index in [4.69, 9.17) is 14.1 Å². The molecule has 194 valence electrons. The Balaban J connectivity index is 1.35. The molecule has 1 aliphatic heterocycles. The molecule has 0 aliphatic carbocycles. The van der Waals surface area contributed by atoms with Crippen molar-refractivity contribution in [2.24, 2.45) is 0 Å². The van der Waals surface area contributed by atoms with E-state index in [1.165, 1.54) is 0 Å². The third kappa shape index (κ3) is 6.05. The maximum Gasteiger partial charge on any atom is 0.274 e. The molecule has 1 amide bonds. The number of likely N-dealkylation sites (tertiary alicyclic amines) is 1. The molecule has 5 rings (SSSR count). The summed E-state index contributed by atoms with van der Waals surface area (Å²) in [7, 11) is 4.13. The first-order valence-corrected chi connectivity index (χ1v) is 13.9. The van der Waals surface area contributed by atoms with Crippen molar-refractivity contribution in [2.45, 2.75) is 45.1 Å². The van der Waals surface area contributed by atoms with Crippen LogP contribution in [0.25, 0.3) is 21.4 Å². The van der Waals surface area contributed by atoms with Gasteiger partial charge in [-0.15, -0.1) is 11.3 Å². The van der Waals surface area contributed by atoms with E-state index in [1.807, 2.05) is 54.3 Å². The molecule has 1 saturated heterocycles. The smallest absolute Gasteiger partial charge is 0.274 e. The summed E-state index contributed by atoms with van der Waals surface area (Å²) in [4.78, 5) is 23.8. The number of nitrogens with zero attached hydrogens (tertiary/aromatic N) is 3. The van der Waals surface area contributed by atoms with Crippen LogP contribution < -0.4 is 4.74 Å². The average molecular weight is 518 g/mol. The lowest BCUT2D eigenvalue weighted by molar-refractivity contribution is 0.0603. The number of hydrogen-bond acceptors (Lipinski definition) is 6.